The van der Waals surface area contributed by atoms with Gasteiger partial charge in [-0.2, -0.15) is 0 Å². The normalized spacial score (nSPS) is 10.8. The number of aromatic nitrogens is 2. The smallest absolute Gasteiger partial charge is 0.328 e. The molecule has 0 saturated heterocycles. The van der Waals surface area contributed by atoms with Crippen molar-refractivity contribution in [2.45, 2.75) is 0 Å². The van der Waals surface area contributed by atoms with Crippen LogP contribution >= 0.6 is 0 Å². The molecule has 16 heavy (non-hydrogen) atoms. The minimum absolute atomic E-state index is 0.759. The Labute approximate surface area is 92.3 Å². The molecular weight excluding hydrogens is 204 g/mol. The Bertz CT molecular complexity index is 515. The molecule has 0 aromatic carbocycles. The first-order valence-electron chi connectivity index (χ1n) is 4.75. The molecule has 2 aromatic heterocycles. The summed E-state index contributed by atoms with van der Waals surface area (Å²) in [4.78, 5) is 17.3. The molecule has 0 spiro atoms. The van der Waals surface area contributed by atoms with E-state index in [1.54, 1.807) is 12.4 Å². The van der Waals surface area contributed by atoms with Crippen molar-refractivity contribution in [2.75, 3.05) is 0 Å². The fourth-order valence-corrected chi connectivity index (χ4v) is 1.38. The number of rotatable bonds is 3. The lowest BCUT2D eigenvalue weighted by molar-refractivity contribution is -0.131. The van der Waals surface area contributed by atoms with Crippen molar-refractivity contribution in [2.24, 2.45) is 0 Å². The van der Waals surface area contributed by atoms with Gasteiger partial charge in [-0.05, 0) is 35.4 Å². The minimum Gasteiger partial charge on any atom is -0.478 e. The lowest BCUT2D eigenvalue weighted by atomic mass is 10.1. The molecule has 4 nitrogen and oxygen atoms in total. The molecule has 2 aromatic rings. The van der Waals surface area contributed by atoms with E-state index in [-0.39, 0.29) is 0 Å². The van der Waals surface area contributed by atoms with Gasteiger partial charge in [0.25, 0.3) is 0 Å². The molecule has 2 rings (SSSR count). The first kappa shape index (κ1) is 10.2. The van der Waals surface area contributed by atoms with E-state index in [4.69, 9.17) is 5.11 Å². The number of aromatic amines is 1. The van der Waals surface area contributed by atoms with Crippen LogP contribution in [0.1, 0.15) is 5.69 Å². The van der Waals surface area contributed by atoms with Crippen LogP contribution in [0.25, 0.3) is 17.2 Å². The average Bonchev–Trinajstić information content (AvgIpc) is 2.76. The summed E-state index contributed by atoms with van der Waals surface area (Å²) in [5, 5.41) is 8.49. The summed E-state index contributed by atoms with van der Waals surface area (Å²) in [5.74, 6) is -0.958. The highest BCUT2D eigenvalue weighted by Crippen LogP contribution is 2.19. The Hall–Kier alpha value is -2.36. The number of H-pyrrole nitrogens is 1. The topological polar surface area (TPSA) is 66.0 Å². The van der Waals surface area contributed by atoms with Crippen molar-refractivity contribution in [1.82, 2.24) is 9.97 Å². The van der Waals surface area contributed by atoms with Crippen molar-refractivity contribution in [3.8, 4) is 11.1 Å². The van der Waals surface area contributed by atoms with Crippen LogP contribution in [0.5, 0.6) is 0 Å². The van der Waals surface area contributed by atoms with Gasteiger partial charge in [-0.3, -0.25) is 4.98 Å². The van der Waals surface area contributed by atoms with Crippen LogP contribution in [-0.2, 0) is 4.79 Å². The fraction of sp³-hybridized carbons (Fsp3) is 0. The Morgan fingerprint density at radius 1 is 1.31 bits per heavy atom. The van der Waals surface area contributed by atoms with Gasteiger partial charge in [0.2, 0.25) is 0 Å². The standard InChI is InChI=1S/C12H10N2O2/c15-12(16)2-1-11-7-10(8-14-11)9-3-5-13-6-4-9/h1-8,14H,(H,15,16)/b2-1+. The third kappa shape index (κ3) is 2.36. The second kappa shape index (κ2) is 4.44. The molecule has 0 bridgehead atoms. The van der Waals surface area contributed by atoms with Gasteiger partial charge >= 0.3 is 5.97 Å². The van der Waals surface area contributed by atoms with Crippen molar-refractivity contribution in [1.29, 1.82) is 0 Å². The summed E-state index contributed by atoms with van der Waals surface area (Å²) < 4.78 is 0. The van der Waals surface area contributed by atoms with Crippen LogP contribution in [0.4, 0.5) is 0 Å². The van der Waals surface area contributed by atoms with E-state index in [1.807, 2.05) is 24.4 Å². The summed E-state index contributed by atoms with van der Waals surface area (Å²) in [7, 11) is 0. The molecule has 0 unspecified atom stereocenters. The quantitative estimate of drug-likeness (QED) is 0.769. The van der Waals surface area contributed by atoms with Gasteiger partial charge in [0, 0.05) is 30.4 Å². The van der Waals surface area contributed by atoms with Crippen molar-refractivity contribution in [3.05, 3.63) is 48.6 Å². The summed E-state index contributed by atoms with van der Waals surface area (Å²) in [6, 6.07) is 5.68. The van der Waals surface area contributed by atoms with Gasteiger partial charge < -0.3 is 10.1 Å². The second-order valence-corrected chi connectivity index (χ2v) is 3.25. The summed E-state index contributed by atoms with van der Waals surface area (Å²) in [6.07, 6.45) is 7.89. The van der Waals surface area contributed by atoms with E-state index >= 15 is 0 Å². The highest BCUT2D eigenvalue weighted by Gasteiger charge is 1.99. The third-order valence-corrected chi connectivity index (χ3v) is 2.12. The predicted molar refractivity (Wildman–Crippen MR) is 60.7 cm³/mol. The first-order chi connectivity index (χ1) is 7.75. The zero-order valence-corrected chi connectivity index (χ0v) is 8.42. The Balaban J connectivity index is 2.23. The van der Waals surface area contributed by atoms with E-state index in [0.717, 1.165) is 22.9 Å². The molecule has 2 heterocycles. The van der Waals surface area contributed by atoms with Crippen molar-refractivity contribution in [3.63, 3.8) is 0 Å². The lowest BCUT2D eigenvalue weighted by Gasteiger charge is -1.93. The average molecular weight is 214 g/mol. The SMILES string of the molecule is O=C(O)/C=C/c1cc(-c2ccncc2)c[nH]1. The number of carbonyl (C=O) groups is 1. The summed E-state index contributed by atoms with van der Waals surface area (Å²) in [5.41, 5.74) is 2.81. The number of nitrogens with one attached hydrogen (secondary N) is 1. The van der Waals surface area contributed by atoms with Crippen LogP contribution in [0, 0.1) is 0 Å². The van der Waals surface area contributed by atoms with Gasteiger partial charge in [-0.15, -0.1) is 0 Å². The number of pyridine rings is 1. The zero-order valence-electron chi connectivity index (χ0n) is 8.42. The third-order valence-electron chi connectivity index (χ3n) is 2.12. The maximum absolute atomic E-state index is 10.3. The number of hydrogen-bond acceptors (Lipinski definition) is 2. The fourth-order valence-electron chi connectivity index (χ4n) is 1.38. The van der Waals surface area contributed by atoms with Crippen LogP contribution in [0.3, 0.4) is 0 Å². The van der Waals surface area contributed by atoms with Crippen LogP contribution in [0.2, 0.25) is 0 Å². The van der Waals surface area contributed by atoms with Gasteiger partial charge in [-0.25, -0.2) is 4.79 Å². The highest BCUT2D eigenvalue weighted by molar-refractivity contribution is 5.85. The van der Waals surface area contributed by atoms with E-state index in [1.165, 1.54) is 6.08 Å². The van der Waals surface area contributed by atoms with E-state index in [0.29, 0.717) is 0 Å². The lowest BCUT2D eigenvalue weighted by Crippen LogP contribution is -1.85. The second-order valence-electron chi connectivity index (χ2n) is 3.25. The number of carboxylic acid groups (broad SMARTS) is 1. The molecule has 0 atom stereocenters. The van der Waals surface area contributed by atoms with Crippen LogP contribution < -0.4 is 0 Å². The zero-order chi connectivity index (χ0) is 11.4. The van der Waals surface area contributed by atoms with Crippen LogP contribution in [0.15, 0.2) is 42.9 Å². The van der Waals surface area contributed by atoms with Crippen molar-refractivity contribution >= 4 is 12.0 Å². The van der Waals surface area contributed by atoms with Crippen LogP contribution in [-0.4, -0.2) is 21.0 Å². The van der Waals surface area contributed by atoms with Gasteiger partial charge in [0.1, 0.15) is 0 Å². The van der Waals surface area contributed by atoms with E-state index in [9.17, 15) is 4.79 Å². The molecule has 0 radical (unpaired) electrons. The highest BCUT2D eigenvalue weighted by atomic mass is 16.4. The molecule has 80 valence electrons. The van der Waals surface area contributed by atoms with Gasteiger partial charge in [-0.1, -0.05) is 0 Å². The molecule has 0 saturated carbocycles. The molecular formula is C12H10N2O2. The van der Waals surface area contributed by atoms with E-state index < -0.39 is 5.97 Å². The number of nitrogens with zero attached hydrogens (tertiary/aromatic N) is 1. The first-order valence-corrected chi connectivity index (χ1v) is 4.75. The van der Waals surface area contributed by atoms with Gasteiger partial charge in [0.05, 0.1) is 0 Å². The molecule has 0 amide bonds. The minimum atomic E-state index is -0.958. The maximum Gasteiger partial charge on any atom is 0.328 e. The summed E-state index contributed by atoms with van der Waals surface area (Å²) >= 11 is 0. The Kier molecular flexibility index (Phi) is 2.82. The summed E-state index contributed by atoms with van der Waals surface area (Å²) in [6.45, 7) is 0. The predicted octanol–water partition coefficient (Wildman–Crippen LogP) is 2.17. The number of aliphatic carboxylic acids is 1. The Morgan fingerprint density at radius 2 is 2.06 bits per heavy atom. The number of carboxylic acids is 1. The molecule has 0 aliphatic heterocycles. The Morgan fingerprint density at radius 3 is 2.75 bits per heavy atom. The molecule has 0 aliphatic carbocycles. The van der Waals surface area contributed by atoms with Gasteiger partial charge in [0.15, 0.2) is 0 Å². The molecule has 0 fully saturated rings. The largest absolute Gasteiger partial charge is 0.478 e. The number of hydrogen-bond donors (Lipinski definition) is 2. The monoisotopic (exact) mass is 214 g/mol. The molecule has 0 aliphatic rings. The maximum atomic E-state index is 10.3. The van der Waals surface area contributed by atoms with Crippen molar-refractivity contribution < 1.29 is 9.90 Å². The molecule has 2 N–H and O–H groups in total. The van der Waals surface area contributed by atoms with E-state index in [2.05, 4.69) is 9.97 Å². The molecule has 4 heteroatoms.